The summed E-state index contributed by atoms with van der Waals surface area (Å²) in [7, 11) is 0. The van der Waals surface area contributed by atoms with Crippen molar-refractivity contribution in [1.82, 2.24) is 25.0 Å². The standard InChI is InChI=1S/C34H37N5O3/c40-34(36-26-12-13-26)29-7-1-2-8-32(29)42-27-15-16-28-30(37-39(31(28)21-27)33-9-3-6-20-41-33)17-14-25-11-10-24(22-35-25)23-38-18-4-5-19-38/h1-2,7-8,10-11,14-17,21-22,26,33H,3-6,9,12-13,18-20,23H2,(H,36,40)/b17-14+. The highest BCUT2D eigenvalue weighted by atomic mass is 16.5. The van der Waals surface area contributed by atoms with Gasteiger partial charge < -0.3 is 14.8 Å². The third-order valence-corrected chi connectivity index (χ3v) is 8.27. The molecule has 0 spiro atoms. The van der Waals surface area contributed by atoms with Gasteiger partial charge in [-0.3, -0.25) is 14.7 Å². The first-order valence-electron chi connectivity index (χ1n) is 15.3. The van der Waals surface area contributed by atoms with Crippen LogP contribution in [0.15, 0.2) is 60.8 Å². The van der Waals surface area contributed by atoms with Gasteiger partial charge >= 0.3 is 0 Å². The van der Waals surface area contributed by atoms with Crippen molar-refractivity contribution in [2.24, 2.45) is 0 Å². The summed E-state index contributed by atoms with van der Waals surface area (Å²) in [6.07, 6.45) is 13.6. The molecule has 1 N–H and O–H groups in total. The summed E-state index contributed by atoms with van der Waals surface area (Å²) in [5.41, 5.74) is 4.48. The van der Waals surface area contributed by atoms with Crippen molar-refractivity contribution in [2.75, 3.05) is 19.7 Å². The van der Waals surface area contributed by atoms with Crippen molar-refractivity contribution in [3.63, 3.8) is 0 Å². The minimum absolute atomic E-state index is 0.0973. The fourth-order valence-electron chi connectivity index (χ4n) is 5.82. The highest BCUT2D eigenvalue weighted by molar-refractivity contribution is 5.97. The number of fused-ring (bicyclic) bond motifs is 1. The van der Waals surface area contributed by atoms with Crippen molar-refractivity contribution < 1.29 is 14.3 Å². The number of carbonyl (C=O) groups is 1. The number of pyridine rings is 1. The van der Waals surface area contributed by atoms with E-state index in [1.807, 2.05) is 65.5 Å². The van der Waals surface area contributed by atoms with Crippen LogP contribution in [0.3, 0.4) is 0 Å². The van der Waals surface area contributed by atoms with Crippen LogP contribution in [0.4, 0.5) is 0 Å². The maximum Gasteiger partial charge on any atom is 0.255 e. The van der Waals surface area contributed by atoms with Gasteiger partial charge in [-0.2, -0.15) is 5.10 Å². The number of para-hydroxylation sites is 1. The van der Waals surface area contributed by atoms with Crippen LogP contribution in [0.25, 0.3) is 23.1 Å². The lowest BCUT2D eigenvalue weighted by molar-refractivity contribution is -0.0367. The number of rotatable bonds is 9. The summed E-state index contributed by atoms with van der Waals surface area (Å²) in [6.45, 7) is 4.05. The van der Waals surface area contributed by atoms with Gasteiger partial charge in [0.1, 0.15) is 11.5 Å². The minimum Gasteiger partial charge on any atom is -0.456 e. The maximum absolute atomic E-state index is 12.8. The molecule has 1 amide bonds. The number of likely N-dealkylation sites (tertiary alicyclic amines) is 1. The van der Waals surface area contributed by atoms with Crippen LogP contribution in [-0.2, 0) is 11.3 Å². The Hall–Kier alpha value is -4.01. The van der Waals surface area contributed by atoms with Crippen molar-refractivity contribution >= 4 is 29.0 Å². The summed E-state index contributed by atoms with van der Waals surface area (Å²) in [5.74, 6) is 1.09. The molecule has 8 nitrogen and oxygen atoms in total. The van der Waals surface area contributed by atoms with E-state index in [4.69, 9.17) is 19.6 Å². The van der Waals surface area contributed by atoms with Crippen molar-refractivity contribution in [1.29, 1.82) is 0 Å². The van der Waals surface area contributed by atoms with E-state index in [1.54, 1.807) is 0 Å². The van der Waals surface area contributed by atoms with E-state index in [0.29, 0.717) is 17.1 Å². The Kier molecular flexibility index (Phi) is 7.72. The number of benzene rings is 2. The molecule has 4 heterocycles. The molecule has 3 aliphatic rings. The Bertz CT molecular complexity index is 1580. The molecular formula is C34H37N5O3. The van der Waals surface area contributed by atoms with Crippen LogP contribution in [0, 0.1) is 0 Å². The zero-order valence-electron chi connectivity index (χ0n) is 23.9. The molecule has 42 heavy (non-hydrogen) atoms. The second-order valence-electron chi connectivity index (χ2n) is 11.6. The summed E-state index contributed by atoms with van der Waals surface area (Å²) < 4.78 is 14.4. The lowest BCUT2D eigenvalue weighted by atomic mass is 10.1. The van der Waals surface area contributed by atoms with E-state index in [1.165, 1.54) is 31.5 Å². The monoisotopic (exact) mass is 563 g/mol. The quantitative estimate of drug-likeness (QED) is 0.248. The number of carbonyl (C=O) groups excluding carboxylic acids is 1. The first-order valence-corrected chi connectivity index (χ1v) is 15.3. The van der Waals surface area contributed by atoms with Crippen LogP contribution in [-0.4, -0.2) is 51.3 Å². The Morgan fingerprint density at radius 1 is 1.00 bits per heavy atom. The maximum atomic E-state index is 12.8. The average Bonchev–Trinajstić information content (AvgIpc) is 3.55. The largest absolute Gasteiger partial charge is 0.456 e. The molecule has 2 saturated heterocycles. The van der Waals surface area contributed by atoms with Gasteiger partial charge in [0.15, 0.2) is 6.23 Å². The zero-order chi connectivity index (χ0) is 28.3. The highest BCUT2D eigenvalue weighted by Crippen LogP contribution is 2.34. The van der Waals surface area contributed by atoms with Crippen molar-refractivity contribution in [2.45, 2.75) is 63.8 Å². The number of ether oxygens (including phenoxy) is 2. The first kappa shape index (κ1) is 26.9. The normalized spacial score (nSPS) is 19.5. The molecule has 8 heteroatoms. The second kappa shape index (κ2) is 12.1. The second-order valence-corrected chi connectivity index (χ2v) is 11.6. The van der Waals surface area contributed by atoms with Crippen molar-refractivity contribution in [3.05, 3.63) is 83.3 Å². The molecule has 1 unspecified atom stereocenters. The summed E-state index contributed by atoms with van der Waals surface area (Å²) >= 11 is 0. The Morgan fingerprint density at radius 3 is 2.67 bits per heavy atom. The van der Waals surface area contributed by atoms with E-state index < -0.39 is 0 Å². The van der Waals surface area contributed by atoms with E-state index in [9.17, 15) is 4.79 Å². The van der Waals surface area contributed by atoms with E-state index in [2.05, 4.69) is 22.3 Å². The summed E-state index contributed by atoms with van der Waals surface area (Å²) in [6, 6.07) is 17.9. The van der Waals surface area contributed by atoms with Crippen LogP contribution in [0.5, 0.6) is 11.5 Å². The minimum atomic E-state index is -0.127. The molecule has 1 saturated carbocycles. The Balaban J connectivity index is 1.15. The molecule has 4 aromatic rings. The number of nitrogens with one attached hydrogen (secondary N) is 1. The van der Waals surface area contributed by atoms with Crippen LogP contribution >= 0.6 is 0 Å². The number of nitrogens with zero attached hydrogens (tertiary/aromatic N) is 4. The Labute approximate surface area is 246 Å². The van der Waals surface area contributed by atoms with Gasteiger partial charge in [-0.15, -0.1) is 0 Å². The fourth-order valence-corrected chi connectivity index (χ4v) is 5.82. The molecule has 2 aromatic carbocycles. The molecular weight excluding hydrogens is 526 g/mol. The van der Waals surface area contributed by atoms with Gasteiger partial charge in [0.05, 0.1) is 22.5 Å². The highest BCUT2D eigenvalue weighted by Gasteiger charge is 2.25. The van der Waals surface area contributed by atoms with Crippen molar-refractivity contribution in [3.8, 4) is 11.5 Å². The number of hydrogen-bond donors (Lipinski definition) is 1. The van der Waals surface area contributed by atoms with Crippen LogP contribution < -0.4 is 10.1 Å². The SMILES string of the molecule is O=C(NC1CC1)c1ccccc1Oc1ccc2c(/C=C/c3ccc(CN4CCCC4)cn3)nn(C3CCCCO3)c2c1. The van der Waals surface area contributed by atoms with E-state index in [0.717, 1.165) is 67.5 Å². The van der Waals surface area contributed by atoms with Gasteiger partial charge in [-0.05, 0) is 106 Å². The summed E-state index contributed by atoms with van der Waals surface area (Å²) in [4.78, 5) is 20.0. The molecule has 3 fully saturated rings. The van der Waals surface area contributed by atoms with E-state index >= 15 is 0 Å². The number of hydrogen-bond acceptors (Lipinski definition) is 6. The molecule has 2 aromatic heterocycles. The number of aromatic nitrogens is 3. The first-order chi connectivity index (χ1) is 20.7. The van der Waals surface area contributed by atoms with Gasteiger partial charge in [-0.1, -0.05) is 18.2 Å². The fraction of sp³-hybridized carbons (Fsp3) is 0.382. The lowest BCUT2D eigenvalue weighted by Crippen LogP contribution is -2.25. The van der Waals surface area contributed by atoms with Crippen LogP contribution in [0.2, 0.25) is 0 Å². The average molecular weight is 564 g/mol. The molecule has 0 bridgehead atoms. The smallest absolute Gasteiger partial charge is 0.255 e. The van der Waals surface area contributed by atoms with E-state index in [-0.39, 0.29) is 18.2 Å². The van der Waals surface area contributed by atoms with Crippen LogP contribution in [0.1, 0.15) is 78.5 Å². The molecule has 2 aliphatic heterocycles. The number of amides is 1. The third kappa shape index (κ3) is 6.10. The predicted octanol–water partition coefficient (Wildman–Crippen LogP) is 6.58. The topological polar surface area (TPSA) is 81.5 Å². The Morgan fingerprint density at radius 2 is 1.88 bits per heavy atom. The molecule has 0 radical (unpaired) electrons. The summed E-state index contributed by atoms with van der Waals surface area (Å²) in [5, 5.41) is 9.07. The van der Waals surface area contributed by atoms with Gasteiger partial charge in [-0.25, -0.2) is 4.68 Å². The zero-order valence-corrected chi connectivity index (χ0v) is 23.9. The van der Waals surface area contributed by atoms with Gasteiger partial charge in [0.25, 0.3) is 5.91 Å². The van der Waals surface area contributed by atoms with Gasteiger partial charge in [0.2, 0.25) is 0 Å². The predicted molar refractivity (Wildman–Crippen MR) is 163 cm³/mol. The molecule has 216 valence electrons. The molecule has 7 rings (SSSR count). The van der Waals surface area contributed by atoms with Gasteiger partial charge in [0, 0.05) is 36.8 Å². The third-order valence-electron chi connectivity index (χ3n) is 8.27. The molecule has 1 aliphatic carbocycles. The molecule has 1 atom stereocenters. The lowest BCUT2D eigenvalue weighted by Gasteiger charge is -2.23.